The molecule has 2 aliphatic rings. The summed E-state index contributed by atoms with van der Waals surface area (Å²) in [6.45, 7) is 6.01. The Hall–Kier alpha value is -3.11. The number of sulfonamides is 1. The molecule has 1 saturated heterocycles. The summed E-state index contributed by atoms with van der Waals surface area (Å²) < 4.78 is 39.6. The Morgan fingerprint density at radius 1 is 1.29 bits per heavy atom. The van der Waals surface area contributed by atoms with E-state index in [9.17, 15) is 18.0 Å². The molecule has 10 heteroatoms. The number of hydrogen-bond donors (Lipinski definition) is 2. The number of fused-ring (bicyclic) bond motifs is 1. The van der Waals surface area contributed by atoms with Gasteiger partial charge in [0.2, 0.25) is 15.9 Å². The van der Waals surface area contributed by atoms with E-state index < -0.39 is 22.0 Å². The van der Waals surface area contributed by atoms with Crippen LogP contribution in [0.3, 0.4) is 0 Å². The van der Waals surface area contributed by atoms with E-state index in [1.54, 1.807) is 38.1 Å². The van der Waals surface area contributed by atoms with Crippen molar-refractivity contribution in [3.8, 4) is 11.5 Å². The Morgan fingerprint density at radius 2 is 2.06 bits per heavy atom. The highest BCUT2D eigenvalue weighted by Gasteiger charge is 2.35. The molecule has 182 valence electrons. The van der Waals surface area contributed by atoms with Crippen LogP contribution in [-0.4, -0.2) is 50.3 Å². The van der Waals surface area contributed by atoms with Crippen LogP contribution >= 0.6 is 0 Å². The van der Waals surface area contributed by atoms with Gasteiger partial charge in [-0.2, -0.15) is 4.31 Å². The number of piperidine rings is 1. The third kappa shape index (κ3) is 4.74. The highest BCUT2D eigenvalue weighted by molar-refractivity contribution is 7.89. The molecule has 0 unspecified atom stereocenters. The van der Waals surface area contributed by atoms with Gasteiger partial charge < -0.3 is 20.1 Å². The minimum Gasteiger partial charge on any atom is -0.492 e. The minimum absolute atomic E-state index is 0.0789. The van der Waals surface area contributed by atoms with Crippen LogP contribution in [0.15, 0.2) is 41.3 Å². The van der Waals surface area contributed by atoms with Crippen molar-refractivity contribution in [3.05, 3.63) is 42.0 Å². The molecule has 2 atom stereocenters. The van der Waals surface area contributed by atoms with E-state index in [-0.39, 0.29) is 23.3 Å². The molecule has 2 heterocycles. The second-order valence-electron chi connectivity index (χ2n) is 8.48. The first-order chi connectivity index (χ1) is 16.2. The van der Waals surface area contributed by atoms with E-state index in [0.29, 0.717) is 54.4 Å². The lowest BCUT2D eigenvalue weighted by Crippen LogP contribution is -2.44. The number of amides is 2. The third-order valence-electron chi connectivity index (χ3n) is 6.03. The number of carbonyl (C=O) groups is 2. The van der Waals surface area contributed by atoms with Gasteiger partial charge in [-0.05, 0) is 57.4 Å². The fraction of sp³-hybridized carbons (Fsp3) is 0.417. The zero-order valence-electron chi connectivity index (χ0n) is 19.5. The highest BCUT2D eigenvalue weighted by Crippen LogP contribution is 2.36. The van der Waals surface area contributed by atoms with Crippen molar-refractivity contribution in [1.82, 2.24) is 4.31 Å². The summed E-state index contributed by atoms with van der Waals surface area (Å²) in [5.41, 5.74) is 1.51. The average Bonchev–Trinajstić information content (AvgIpc) is 2.81. The number of aryl methyl sites for hydroxylation is 1. The Balaban J connectivity index is 1.53. The van der Waals surface area contributed by atoms with Crippen molar-refractivity contribution in [2.24, 2.45) is 5.92 Å². The van der Waals surface area contributed by atoms with Crippen molar-refractivity contribution in [2.45, 2.75) is 44.6 Å². The lowest BCUT2D eigenvalue weighted by Gasteiger charge is -2.32. The van der Waals surface area contributed by atoms with E-state index in [0.717, 1.165) is 0 Å². The van der Waals surface area contributed by atoms with Crippen molar-refractivity contribution in [2.75, 3.05) is 30.3 Å². The van der Waals surface area contributed by atoms with Gasteiger partial charge in [-0.3, -0.25) is 9.59 Å². The highest BCUT2D eigenvalue weighted by atomic mass is 32.2. The fourth-order valence-corrected chi connectivity index (χ4v) is 5.97. The van der Waals surface area contributed by atoms with Gasteiger partial charge in [-0.15, -0.1) is 0 Å². The molecule has 2 aliphatic heterocycles. The largest absolute Gasteiger partial charge is 0.492 e. The summed E-state index contributed by atoms with van der Waals surface area (Å²) in [6, 6.07) is 10.2. The average molecular weight is 488 g/mol. The molecule has 2 N–H and O–H groups in total. The number of hydrogen-bond acceptors (Lipinski definition) is 6. The first-order valence-corrected chi connectivity index (χ1v) is 12.8. The van der Waals surface area contributed by atoms with Crippen LogP contribution in [0.5, 0.6) is 11.5 Å². The van der Waals surface area contributed by atoms with Crippen LogP contribution in [0.2, 0.25) is 0 Å². The maximum Gasteiger partial charge on any atom is 0.265 e. The first-order valence-electron chi connectivity index (χ1n) is 11.4. The Labute approximate surface area is 199 Å². The third-order valence-corrected chi connectivity index (χ3v) is 8.03. The normalized spacial score (nSPS) is 20.6. The summed E-state index contributed by atoms with van der Waals surface area (Å²) in [7, 11) is -3.88. The lowest BCUT2D eigenvalue weighted by atomic mass is 9.98. The van der Waals surface area contributed by atoms with E-state index in [4.69, 9.17) is 9.47 Å². The molecular weight excluding hydrogens is 458 g/mol. The Bertz CT molecular complexity index is 1210. The first kappa shape index (κ1) is 24.0. The molecule has 0 aliphatic carbocycles. The number of anilines is 2. The molecule has 0 aromatic heterocycles. The van der Waals surface area contributed by atoms with Crippen LogP contribution in [0.1, 0.15) is 32.3 Å². The van der Waals surface area contributed by atoms with Gasteiger partial charge >= 0.3 is 0 Å². The number of benzene rings is 2. The molecule has 34 heavy (non-hydrogen) atoms. The summed E-state index contributed by atoms with van der Waals surface area (Å²) in [5, 5.41) is 5.62. The van der Waals surface area contributed by atoms with Crippen LogP contribution < -0.4 is 20.1 Å². The summed E-state index contributed by atoms with van der Waals surface area (Å²) in [5.74, 6) is -0.126. The zero-order valence-corrected chi connectivity index (χ0v) is 20.3. The van der Waals surface area contributed by atoms with Crippen molar-refractivity contribution in [1.29, 1.82) is 0 Å². The van der Waals surface area contributed by atoms with Gasteiger partial charge in [0.25, 0.3) is 5.91 Å². The fourth-order valence-electron chi connectivity index (χ4n) is 4.22. The Morgan fingerprint density at radius 3 is 2.82 bits per heavy atom. The molecule has 0 bridgehead atoms. The van der Waals surface area contributed by atoms with E-state index in [2.05, 4.69) is 10.6 Å². The molecule has 2 aromatic rings. The number of rotatable bonds is 6. The summed E-state index contributed by atoms with van der Waals surface area (Å²) >= 11 is 0. The second-order valence-corrected chi connectivity index (χ2v) is 10.4. The van der Waals surface area contributed by atoms with Crippen molar-refractivity contribution in [3.63, 3.8) is 0 Å². The lowest BCUT2D eigenvalue weighted by molar-refractivity contribution is -0.123. The quantitative estimate of drug-likeness (QED) is 0.647. The SMILES string of the molecule is CCOc1ccccc1NC(=O)[C@H]1CCCN(S(=O)(=O)c2cc3c(cc2C)NC(=O)[C@H](C)O3)C1. The van der Waals surface area contributed by atoms with Gasteiger partial charge in [0.15, 0.2) is 6.10 Å². The molecule has 4 rings (SSSR count). The molecule has 0 spiro atoms. The second kappa shape index (κ2) is 9.63. The number of nitrogens with one attached hydrogen (secondary N) is 2. The van der Waals surface area contributed by atoms with Crippen LogP contribution in [-0.2, 0) is 19.6 Å². The molecule has 0 saturated carbocycles. The number of carbonyl (C=O) groups excluding carboxylic acids is 2. The summed E-state index contributed by atoms with van der Waals surface area (Å²) in [4.78, 5) is 25.0. The number of para-hydroxylation sites is 2. The standard InChI is InChI=1S/C24H29N3O6S/c1-4-32-20-10-6-5-9-18(20)25-24(29)17-8-7-11-27(14-17)34(30,31)22-13-21-19(12-15(22)2)26-23(28)16(3)33-21/h5-6,9-10,12-13,16-17H,4,7-8,11,14H2,1-3H3,(H,25,29)(H,26,28)/t16-,17-/m0/s1. The maximum atomic E-state index is 13.5. The van der Waals surface area contributed by atoms with Gasteiger partial charge in [-0.25, -0.2) is 8.42 Å². The topological polar surface area (TPSA) is 114 Å². The zero-order chi connectivity index (χ0) is 24.5. The number of ether oxygens (including phenoxy) is 2. The molecule has 2 amide bonds. The Kier molecular flexibility index (Phi) is 6.81. The molecule has 9 nitrogen and oxygen atoms in total. The predicted molar refractivity (Wildman–Crippen MR) is 128 cm³/mol. The van der Waals surface area contributed by atoms with Gasteiger partial charge in [0.1, 0.15) is 11.5 Å². The molecule has 0 radical (unpaired) electrons. The minimum atomic E-state index is -3.88. The van der Waals surface area contributed by atoms with Crippen LogP contribution in [0.4, 0.5) is 11.4 Å². The van der Waals surface area contributed by atoms with E-state index in [1.807, 2.05) is 13.0 Å². The van der Waals surface area contributed by atoms with Gasteiger partial charge in [-0.1, -0.05) is 12.1 Å². The van der Waals surface area contributed by atoms with Crippen LogP contribution in [0.25, 0.3) is 0 Å². The van der Waals surface area contributed by atoms with E-state index >= 15 is 0 Å². The van der Waals surface area contributed by atoms with Gasteiger partial charge in [0.05, 0.1) is 28.8 Å². The van der Waals surface area contributed by atoms with Crippen molar-refractivity contribution >= 4 is 33.2 Å². The van der Waals surface area contributed by atoms with Crippen molar-refractivity contribution < 1.29 is 27.5 Å². The molecule has 2 aromatic carbocycles. The van der Waals surface area contributed by atoms with Crippen LogP contribution in [0, 0.1) is 12.8 Å². The van der Waals surface area contributed by atoms with Gasteiger partial charge in [0, 0.05) is 19.2 Å². The molecule has 1 fully saturated rings. The molecular formula is C24H29N3O6S. The number of nitrogens with zero attached hydrogens (tertiary/aromatic N) is 1. The monoisotopic (exact) mass is 487 g/mol. The van der Waals surface area contributed by atoms with E-state index in [1.165, 1.54) is 10.4 Å². The summed E-state index contributed by atoms with van der Waals surface area (Å²) in [6.07, 6.45) is 0.441. The maximum absolute atomic E-state index is 13.5. The smallest absolute Gasteiger partial charge is 0.265 e. The predicted octanol–water partition coefficient (Wildman–Crippen LogP) is 3.15.